The Bertz CT molecular complexity index is 1120. The van der Waals surface area contributed by atoms with E-state index < -0.39 is 28.3 Å². The number of nitrogens with zero attached hydrogens (tertiary/aromatic N) is 1. The topological polar surface area (TPSA) is 75.7 Å². The lowest BCUT2D eigenvalue weighted by molar-refractivity contribution is -0.114. The molecule has 162 valence electrons. The van der Waals surface area contributed by atoms with Gasteiger partial charge in [-0.3, -0.25) is 9.10 Å². The van der Waals surface area contributed by atoms with Crippen molar-refractivity contribution in [2.45, 2.75) is 24.8 Å². The number of hydrogen-bond acceptors (Lipinski definition) is 4. The molecule has 0 radical (unpaired) electrons. The molecule has 0 bridgehead atoms. The molecule has 1 N–H and O–H groups in total. The van der Waals surface area contributed by atoms with Crippen LogP contribution in [0.25, 0.3) is 0 Å². The molecule has 0 saturated heterocycles. The summed E-state index contributed by atoms with van der Waals surface area (Å²) in [4.78, 5) is 12.6. The average molecular weight is 443 g/mol. The van der Waals surface area contributed by atoms with E-state index in [-0.39, 0.29) is 11.0 Å². The minimum Gasteiger partial charge on any atom is -0.491 e. The lowest BCUT2D eigenvalue weighted by atomic mass is 10.3. The summed E-state index contributed by atoms with van der Waals surface area (Å²) in [7, 11) is -4.09. The van der Waals surface area contributed by atoms with Crippen LogP contribution in [0.1, 0.15) is 13.8 Å². The van der Waals surface area contributed by atoms with Gasteiger partial charge in [0.15, 0.2) is 0 Å². The number of ether oxygens (including phenoxy) is 1. The first kappa shape index (κ1) is 22.3. The van der Waals surface area contributed by atoms with Crippen LogP contribution < -0.4 is 14.4 Å². The van der Waals surface area contributed by atoms with Crippen LogP contribution in [0.3, 0.4) is 0 Å². The lowest BCUT2D eigenvalue weighted by Gasteiger charge is -2.24. The van der Waals surface area contributed by atoms with Crippen LogP contribution in [0.4, 0.5) is 15.8 Å². The number of nitrogens with one attached hydrogen (secondary N) is 1. The van der Waals surface area contributed by atoms with Gasteiger partial charge in [-0.2, -0.15) is 0 Å². The van der Waals surface area contributed by atoms with Crippen LogP contribution in [0.2, 0.25) is 0 Å². The van der Waals surface area contributed by atoms with Crippen LogP contribution in [-0.2, 0) is 14.8 Å². The van der Waals surface area contributed by atoms with Gasteiger partial charge in [0.05, 0.1) is 16.7 Å². The molecule has 31 heavy (non-hydrogen) atoms. The first-order chi connectivity index (χ1) is 14.8. The summed E-state index contributed by atoms with van der Waals surface area (Å²) in [6, 6.07) is 19.5. The maximum atomic E-state index is 13.3. The van der Waals surface area contributed by atoms with Crippen molar-refractivity contribution in [1.29, 1.82) is 0 Å². The molecule has 3 aromatic rings. The third kappa shape index (κ3) is 5.82. The van der Waals surface area contributed by atoms with Crippen molar-refractivity contribution in [2.24, 2.45) is 0 Å². The van der Waals surface area contributed by atoms with Crippen molar-refractivity contribution >= 4 is 27.3 Å². The summed E-state index contributed by atoms with van der Waals surface area (Å²) < 4.78 is 46.2. The van der Waals surface area contributed by atoms with E-state index in [1.54, 1.807) is 54.6 Å². The Labute approximate surface area is 181 Å². The summed E-state index contributed by atoms with van der Waals surface area (Å²) in [5, 5.41) is 2.69. The largest absolute Gasteiger partial charge is 0.491 e. The van der Waals surface area contributed by atoms with Crippen molar-refractivity contribution in [3.63, 3.8) is 0 Å². The van der Waals surface area contributed by atoms with Crippen molar-refractivity contribution in [3.05, 3.63) is 84.7 Å². The van der Waals surface area contributed by atoms with Crippen LogP contribution in [0.5, 0.6) is 5.75 Å². The molecule has 0 aliphatic heterocycles. The van der Waals surface area contributed by atoms with Crippen LogP contribution in [0, 0.1) is 5.82 Å². The first-order valence-electron chi connectivity index (χ1n) is 9.65. The minimum atomic E-state index is -4.09. The SMILES string of the molecule is CC(C)Oc1ccc(NC(=O)CN(c2ccccc2)S(=O)(=O)c2ccc(F)cc2)cc1. The fourth-order valence-corrected chi connectivity index (χ4v) is 4.28. The van der Waals surface area contributed by atoms with E-state index in [0.29, 0.717) is 17.1 Å². The molecular weight excluding hydrogens is 419 g/mol. The zero-order chi connectivity index (χ0) is 22.4. The van der Waals surface area contributed by atoms with Crippen LogP contribution >= 0.6 is 0 Å². The van der Waals surface area contributed by atoms with Gasteiger partial charge in [-0.1, -0.05) is 18.2 Å². The second-order valence-corrected chi connectivity index (χ2v) is 8.90. The number of sulfonamides is 1. The van der Waals surface area contributed by atoms with E-state index in [2.05, 4.69) is 5.32 Å². The molecular formula is C23H23FN2O4S. The Balaban J connectivity index is 1.82. The van der Waals surface area contributed by atoms with Gasteiger partial charge in [-0.25, -0.2) is 12.8 Å². The molecule has 3 aromatic carbocycles. The molecule has 8 heteroatoms. The Kier molecular flexibility index (Phi) is 6.91. The number of benzene rings is 3. The number of halogens is 1. The number of para-hydroxylation sites is 1. The normalized spacial score (nSPS) is 11.2. The molecule has 0 aliphatic carbocycles. The first-order valence-corrected chi connectivity index (χ1v) is 11.1. The Morgan fingerprint density at radius 3 is 2.16 bits per heavy atom. The summed E-state index contributed by atoms with van der Waals surface area (Å²) in [6.07, 6.45) is 0.0246. The highest BCUT2D eigenvalue weighted by Crippen LogP contribution is 2.24. The van der Waals surface area contributed by atoms with Gasteiger partial charge in [0.25, 0.3) is 10.0 Å². The molecule has 0 fully saturated rings. The van der Waals surface area contributed by atoms with E-state index in [1.807, 2.05) is 13.8 Å². The van der Waals surface area contributed by atoms with Crippen LogP contribution in [0.15, 0.2) is 83.8 Å². The lowest BCUT2D eigenvalue weighted by Crippen LogP contribution is -2.38. The van der Waals surface area contributed by atoms with E-state index in [9.17, 15) is 17.6 Å². The zero-order valence-corrected chi connectivity index (χ0v) is 18.0. The molecule has 0 saturated carbocycles. The van der Waals surface area contributed by atoms with Crippen LogP contribution in [-0.4, -0.2) is 27.0 Å². The van der Waals surface area contributed by atoms with Crippen molar-refractivity contribution in [2.75, 3.05) is 16.2 Å². The van der Waals surface area contributed by atoms with Crippen molar-refractivity contribution < 1.29 is 22.3 Å². The van der Waals surface area contributed by atoms with Crippen molar-refractivity contribution in [1.82, 2.24) is 0 Å². The Hall–Kier alpha value is -3.39. The quantitative estimate of drug-likeness (QED) is 0.559. The fraction of sp³-hybridized carbons (Fsp3) is 0.174. The summed E-state index contributed by atoms with van der Waals surface area (Å²) in [5.74, 6) is -0.405. The van der Waals surface area contributed by atoms with E-state index in [0.717, 1.165) is 16.4 Å². The molecule has 0 atom stereocenters. The van der Waals surface area contributed by atoms with Gasteiger partial charge < -0.3 is 10.1 Å². The number of anilines is 2. The molecule has 3 rings (SSSR count). The molecule has 0 heterocycles. The van der Waals surface area contributed by atoms with Gasteiger partial charge in [-0.15, -0.1) is 0 Å². The Morgan fingerprint density at radius 1 is 0.968 bits per heavy atom. The maximum Gasteiger partial charge on any atom is 0.264 e. The van der Waals surface area contributed by atoms with Gasteiger partial charge in [0.2, 0.25) is 5.91 Å². The summed E-state index contributed by atoms with van der Waals surface area (Å²) >= 11 is 0. The third-order valence-corrected chi connectivity index (χ3v) is 6.03. The van der Waals surface area contributed by atoms with Crippen molar-refractivity contribution in [3.8, 4) is 5.75 Å². The number of carbonyl (C=O) groups is 1. The number of rotatable bonds is 8. The smallest absolute Gasteiger partial charge is 0.264 e. The predicted molar refractivity (Wildman–Crippen MR) is 118 cm³/mol. The zero-order valence-electron chi connectivity index (χ0n) is 17.2. The molecule has 1 amide bonds. The number of carbonyl (C=O) groups excluding carboxylic acids is 1. The Morgan fingerprint density at radius 2 is 1.58 bits per heavy atom. The average Bonchev–Trinajstić information content (AvgIpc) is 2.74. The third-order valence-electron chi connectivity index (χ3n) is 4.24. The molecule has 0 unspecified atom stereocenters. The maximum absolute atomic E-state index is 13.3. The van der Waals surface area contributed by atoms with E-state index in [1.165, 1.54) is 12.1 Å². The highest BCUT2D eigenvalue weighted by Gasteiger charge is 2.27. The number of amides is 1. The van der Waals surface area contributed by atoms with Gasteiger partial charge in [0.1, 0.15) is 18.1 Å². The summed E-state index contributed by atoms with van der Waals surface area (Å²) in [5.41, 5.74) is 0.830. The highest BCUT2D eigenvalue weighted by atomic mass is 32.2. The van der Waals surface area contributed by atoms with E-state index in [4.69, 9.17) is 4.74 Å². The van der Waals surface area contributed by atoms with Gasteiger partial charge in [-0.05, 0) is 74.5 Å². The molecule has 0 aromatic heterocycles. The monoisotopic (exact) mass is 442 g/mol. The highest BCUT2D eigenvalue weighted by molar-refractivity contribution is 7.92. The molecule has 0 spiro atoms. The molecule has 6 nitrogen and oxygen atoms in total. The van der Waals surface area contributed by atoms with Gasteiger partial charge >= 0.3 is 0 Å². The predicted octanol–water partition coefficient (Wildman–Crippen LogP) is 4.45. The second kappa shape index (κ2) is 9.61. The number of hydrogen-bond donors (Lipinski definition) is 1. The minimum absolute atomic E-state index is 0.0246. The second-order valence-electron chi connectivity index (χ2n) is 7.04. The fourth-order valence-electron chi connectivity index (χ4n) is 2.86. The van der Waals surface area contributed by atoms with E-state index >= 15 is 0 Å². The standard InChI is InChI=1S/C23H23FN2O4S/c1-17(2)30-21-12-10-19(11-13-21)25-23(27)16-26(20-6-4-3-5-7-20)31(28,29)22-14-8-18(24)9-15-22/h3-15,17H,16H2,1-2H3,(H,25,27). The molecule has 0 aliphatic rings. The van der Waals surface area contributed by atoms with Gasteiger partial charge in [0, 0.05) is 5.69 Å². The summed E-state index contributed by atoms with van der Waals surface area (Å²) in [6.45, 7) is 3.37.